The lowest BCUT2D eigenvalue weighted by molar-refractivity contribution is -0.277. The molecule has 1 aromatic heterocycles. The van der Waals surface area contributed by atoms with Crippen LogP contribution >= 0.6 is 0 Å². The van der Waals surface area contributed by atoms with Crippen molar-refractivity contribution in [1.29, 1.82) is 0 Å². The number of ether oxygens (including phenoxy) is 3. The Labute approximate surface area is 181 Å². The van der Waals surface area contributed by atoms with Crippen LogP contribution in [-0.2, 0) is 4.74 Å². The van der Waals surface area contributed by atoms with Crippen LogP contribution in [-0.4, -0.2) is 70.0 Å². The number of phenols is 1. The van der Waals surface area contributed by atoms with Gasteiger partial charge in [0.05, 0.1) is 19.3 Å². The highest BCUT2D eigenvalue weighted by molar-refractivity contribution is 5.88. The van der Waals surface area contributed by atoms with Crippen molar-refractivity contribution >= 4 is 11.0 Å². The van der Waals surface area contributed by atoms with Crippen molar-refractivity contribution in [2.75, 3.05) is 13.7 Å². The molecule has 0 bridgehead atoms. The highest BCUT2D eigenvalue weighted by Gasteiger charge is 2.44. The second kappa shape index (κ2) is 8.77. The average Bonchev–Trinajstić information content (AvgIpc) is 2.79. The number of benzene rings is 2. The summed E-state index contributed by atoms with van der Waals surface area (Å²) in [5, 5.41) is 49.6. The number of aliphatic hydroxyl groups is 4. The first-order chi connectivity index (χ1) is 15.3. The number of hydrogen-bond acceptors (Lipinski definition) is 10. The minimum Gasteiger partial charge on any atom is -0.507 e. The van der Waals surface area contributed by atoms with Crippen molar-refractivity contribution in [3.63, 3.8) is 0 Å². The molecule has 0 unspecified atom stereocenters. The monoisotopic (exact) mass is 446 g/mol. The predicted molar refractivity (Wildman–Crippen MR) is 111 cm³/mol. The molecule has 1 aliphatic heterocycles. The minimum atomic E-state index is -1.63. The third-order valence-corrected chi connectivity index (χ3v) is 5.33. The van der Waals surface area contributed by atoms with Crippen molar-refractivity contribution < 1.29 is 44.2 Å². The summed E-state index contributed by atoms with van der Waals surface area (Å²) in [5.41, 5.74) is 0.362. The van der Waals surface area contributed by atoms with Gasteiger partial charge in [0.2, 0.25) is 11.7 Å². The van der Waals surface area contributed by atoms with Gasteiger partial charge in [0.25, 0.3) is 0 Å². The number of aromatic hydroxyl groups is 1. The van der Waals surface area contributed by atoms with E-state index in [1.165, 1.54) is 19.4 Å². The van der Waals surface area contributed by atoms with Crippen LogP contribution in [0, 0.1) is 0 Å². The molecule has 170 valence electrons. The molecular formula is C22H22O10. The number of methoxy groups -OCH3 is 1. The molecule has 0 saturated carbocycles. The molecule has 1 fully saturated rings. The Bertz CT molecular complexity index is 1150. The molecule has 4 rings (SSSR count). The van der Waals surface area contributed by atoms with E-state index < -0.39 is 48.5 Å². The molecule has 32 heavy (non-hydrogen) atoms. The highest BCUT2D eigenvalue weighted by atomic mass is 16.7. The molecule has 10 heteroatoms. The lowest BCUT2D eigenvalue weighted by Crippen LogP contribution is -2.60. The van der Waals surface area contributed by atoms with Gasteiger partial charge < -0.3 is 44.2 Å². The molecule has 0 amide bonds. The minimum absolute atomic E-state index is 0.0202. The van der Waals surface area contributed by atoms with E-state index in [0.29, 0.717) is 11.3 Å². The van der Waals surface area contributed by atoms with E-state index >= 15 is 0 Å². The summed E-state index contributed by atoms with van der Waals surface area (Å²) in [6.07, 6.45) is -6.14. The maximum Gasteiger partial charge on any atom is 0.229 e. The zero-order chi connectivity index (χ0) is 23.0. The summed E-state index contributed by atoms with van der Waals surface area (Å²) < 4.78 is 21.4. The van der Waals surface area contributed by atoms with E-state index in [0.717, 1.165) is 6.07 Å². The number of hydrogen-bond donors (Lipinski definition) is 5. The van der Waals surface area contributed by atoms with Gasteiger partial charge in [0.15, 0.2) is 0 Å². The van der Waals surface area contributed by atoms with Crippen molar-refractivity contribution in [2.24, 2.45) is 0 Å². The SMILES string of the molecule is COc1ccc(-c2coc3cc(O[C@@H]4O[C@@H](CO)[C@@H](O)[C@@H](O)[C@@H]4O)cc(O)c3c2=O)cc1. The standard InChI is InChI=1S/C22H22O10/c1-29-11-4-2-10(3-5-11)13-9-30-15-7-12(6-14(24)17(15)18(13)25)31-22-21(28)20(27)19(26)16(8-23)32-22/h2-7,9,16,19-24,26-28H,8H2,1H3/t16-,19+,20+,21-,22+/m0/s1. The van der Waals surface area contributed by atoms with Crippen LogP contribution in [0.3, 0.4) is 0 Å². The van der Waals surface area contributed by atoms with Crippen LogP contribution in [0.25, 0.3) is 22.1 Å². The first-order valence-electron chi connectivity index (χ1n) is 9.74. The highest BCUT2D eigenvalue weighted by Crippen LogP contribution is 2.32. The summed E-state index contributed by atoms with van der Waals surface area (Å²) in [7, 11) is 1.53. The molecule has 0 spiro atoms. The fourth-order valence-electron chi connectivity index (χ4n) is 3.54. The Balaban J connectivity index is 1.66. The molecule has 3 aromatic rings. The second-order valence-corrected chi connectivity index (χ2v) is 7.34. The predicted octanol–water partition coefficient (Wildman–Crippen LogP) is 0.353. The van der Waals surface area contributed by atoms with Gasteiger partial charge in [-0.15, -0.1) is 0 Å². The van der Waals surface area contributed by atoms with Crippen LogP contribution in [0.4, 0.5) is 0 Å². The maximum absolute atomic E-state index is 13.0. The van der Waals surface area contributed by atoms with Gasteiger partial charge >= 0.3 is 0 Å². The molecule has 2 heterocycles. The van der Waals surface area contributed by atoms with Crippen LogP contribution in [0.1, 0.15) is 0 Å². The third-order valence-electron chi connectivity index (χ3n) is 5.33. The zero-order valence-corrected chi connectivity index (χ0v) is 16.9. The number of rotatable bonds is 5. The molecule has 5 atom stereocenters. The van der Waals surface area contributed by atoms with Crippen molar-refractivity contribution in [3.05, 3.63) is 52.9 Å². The Kier molecular flexibility index (Phi) is 6.04. The van der Waals surface area contributed by atoms with E-state index in [2.05, 4.69) is 0 Å². The van der Waals surface area contributed by atoms with Crippen molar-refractivity contribution in [1.82, 2.24) is 0 Å². The summed E-state index contributed by atoms with van der Waals surface area (Å²) in [6.45, 7) is -0.614. The Hall–Kier alpha value is -3.15. The largest absolute Gasteiger partial charge is 0.507 e. The lowest BCUT2D eigenvalue weighted by atomic mass is 9.99. The number of phenolic OH excluding ortho intramolecular Hbond substituents is 1. The lowest BCUT2D eigenvalue weighted by Gasteiger charge is -2.39. The van der Waals surface area contributed by atoms with E-state index in [1.54, 1.807) is 24.3 Å². The van der Waals surface area contributed by atoms with E-state index in [1.807, 2.05) is 0 Å². The topological polar surface area (TPSA) is 159 Å². The Morgan fingerprint density at radius 1 is 1.00 bits per heavy atom. The Morgan fingerprint density at radius 3 is 2.38 bits per heavy atom. The molecule has 1 saturated heterocycles. The quantitative estimate of drug-likeness (QED) is 0.370. The second-order valence-electron chi connectivity index (χ2n) is 7.34. The van der Waals surface area contributed by atoms with Gasteiger partial charge in [-0.2, -0.15) is 0 Å². The number of aliphatic hydroxyl groups excluding tert-OH is 4. The van der Waals surface area contributed by atoms with Gasteiger partial charge in [0.1, 0.15) is 58.9 Å². The van der Waals surface area contributed by atoms with Gasteiger partial charge in [-0.25, -0.2) is 0 Å². The van der Waals surface area contributed by atoms with Gasteiger partial charge in [0, 0.05) is 12.1 Å². The van der Waals surface area contributed by atoms with Crippen molar-refractivity contribution in [3.8, 4) is 28.4 Å². The summed E-state index contributed by atoms with van der Waals surface area (Å²) in [6, 6.07) is 9.20. The zero-order valence-electron chi connectivity index (χ0n) is 16.9. The molecule has 2 aromatic carbocycles. The first-order valence-corrected chi connectivity index (χ1v) is 9.74. The maximum atomic E-state index is 13.0. The van der Waals surface area contributed by atoms with Crippen LogP contribution in [0.5, 0.6) is 17.2 Å². The third kappa shape index (κ3) is 3.90. The Morgan fingerprint density at radius 2 is 1.72 bits per heavy atom. The smallest absolute Gasteiger partial charge is 0.229 e. The first kappa shape index (κ1) is 22.1. The van der Waals surface area contributed by atoms with Crippen LogP contribution in [0.15, 0.2) is 51.9 Å². The molecule has 10 nitrogen and oxygen atoms in total. The fourth-order valence-corrected chi connectivity index (χ4v) is 3.54. The molecule has 5 N–H and O–H groups in total. The van der Waals surface area contributed by atoms with Crippen molar-refractivity contribution in [2.45, 2.75) is 30.7 Å². The van der Waals surface area contributed by atoms with E-state index in [-0.39, 0.29) is 22.3 Å². The van der Waals surface area contributed by atoms with Gasteiger partial charge in [-0.1, -0.05) is 12.1 Å². The van der Waals surface area contributed by atoms with Crippen LogP contribution in [0.2, 0.25) is 0 Å². The van der Waals surface area contributed by atoms with Gasteiger partial charge in [-0.3, -0.25) is 4.79 Å². The summed E-state index contributed by atoms with van der Waals surface area (Å²) in [5.74, 6) is 0.169. The summed E-state index contributed by atoms with van der Waals surface area (Å²) in [4.78, 5) is 13.0. The normalized spacial score (nSPS) is 25.6. The summed E-state index contributed by atoms with van der Waals surface area (Å²) >= 11 is 0. The molecular weight excluding hydrogens is 424 g/mol. The van der Waals surface area contributed by atoms with E-state index in [4.69, 9.17) is 18.6 Å². The average molecular weight is 446 g/mol. The number of fused-ring (bicyclic) bond motifs is 1. The molecule has 0 aliphatic carbocycles. The molecule has 1 aliphatic rings. The molecule has 0 radical (unpaired) electrons. The van der Waals surface area contributed by atoms with Crippen LogP contribution < -0.4 is 14.9 Å². The van der Waals surface area contributed by atoms with E-state index in [9.17, 15) is 30.3 Å². The fraction of sp³-hybridized carbons (Fsp3) is 0.318. The van der Waals surface area contributed by atoms with Gasteiger partial charge in [-0.05, 0) is 17.7 Å².